The predicted molar refractivity (Wildman–Crippen MR) is 120 cm³/mol. The van der Waals surface area contributed by atoms with Gasteiger partial charge in [-0.25, -0.2) is 18.1 Å². The van der Waals surface area contributed by atoms with E-state index in [4.69, 9.17) is 0 Å². The highest BCUT2D eigenvalue weighted by molar-refractivity contribution is 7.89. The number of benzene rings is 1. The molecule has 0 aromatic heterocycles. The minimum Gasteiger partial charge on any atom is -0.357 e. The van der Waals surface area contributed by atoms with E-state index in [-0.39, 0.29) is 5.75 Å². The third kappa shape index (κ3) is 9.60. The van der Waals surface area contributed by atoms with Crippen molar-refractivity contribution in [2.24, 2.45) is 4.99 Å². The van der Waals surface area contributed by atoms with Gasteiger partial charge in [-0.3, -0.25) is 4.90 Å². The van der Waals surface area contributed by atoms with Gasteiger partial charge in [0.2, 0.25) is 10.0 Å². The van der Waals surface area contributed by atoms with E-state index in [1.807, 2.05) is 6.92 Å². The summed E-state index contributed by atoms with van der Waals surface area (Å²) >= 11 is 0. The summed E-state index contributed by atoms with van der Waals surface area (Å²) in [5.41, 5.74) is 2.54. The molecule has 1 heterocycles. The molecule has 1 aliphatic rings. The van der Waals surface area contributed by atoms with Crippen molar-refractivity contribution in [3.05, 3.63) is 35.4 Å². The van der Waals surface area contributed by atoms with Crippen molar-refractivity contribution >= 4 is 16.0 Å². The van der Waals surface area contributed by atoms with E-state index in [9.17, 15) is 8.42 Å². The molecule has 3 N–H and O–H groups in total. The van der Waals surface area contributed by atoms with E-state index in [0.717, 1.165) is 19.0 Å². The smallest absolute Gasteiger partial charge is 0.211 e. The number of guanidine groups is 1. The zero-order valence-electron chi connectivity index (χ0n) is 17.9. The number of aliphatic imine (C=N–C) groups is 1. The van der Waals surface area contributed by atoms with Crippen LogP contribution in [0.5, 0.6) is 0 Å². The van der Waals surface area contributed by atoms with Crippen molar-refractivity contribution in [1.82, 2.24) is 20.3 Å². The number of piperidine rings is 1. The summed E-state index contributed by atoms with van der Waals surface area (Å²) in [6.07, 6.45) is 4.70. The molecule has 1 aromatic carbocycles. The molecule has 0 aliphatic carbocycles. The van der Waals surface area contributed by atoms with Gasteiger partial charge in [-0.05, 0) is 57.3 Å². The van der Waals surface area contributed by atoms with Crippen LogP contribution >= 0.6 is 0 Å². The highest BCUT2D eigenvalue weighted by Gasteiger charge is 2.10. The maximum Gasteiger partial charge on any atom is 0.211 e. The Hall–Kier alpha value is -1.64. The van der Waals surface area contributed by atoms with Gasteiger partial charge in [0.1, 0.15) is 0 Å². The average Bonchev–Trinajstić information content (AvgIpc) is 2.73. The lowest BCUT2D eigenvalue weighted by molar-refractivity contribution is 0.221. The normalized spacial score (nSPS) is 16.0. The van der Waals surface area contributed by atoms with Crippen molar-refractivity contribution in [2.75, 3.05) is 38.5 Å². The van der Waals surface area contributed by atoms with Crippen molar-refractivity contribution in [3.63, 3.8) is 0 Å². The molecule has 0 unspecified atom stereocenters. The van der Waals surface area contributed by atoms with Crippen LogP contribution in [0.15, 0.2) is 29.3 Å². The summed E-state index contributed by atoms with van der Waals surface area (Å²) in [5.74, 6) is 0.865. The Bertz CT molecular complexity index is 713. The predicted octanol–water partition coefficient (Wildman–Crippen LogP) is 2.06. The molecule has 0 radical (unpaired) electrons. The lowest BCUT2D eigenvalue weighted by Gasteiger charge is -2.26. The molecular formula is C21H37N5O2S. The number of nitrogens with one attached hydrogen (secondary N) is 3. The molecular weight excluding hydrogens is 386 g/mol. The van der Waals surface area contributed by atoms with Crippen LogP contribution in [-0.2, 0) is 23.1 Å². The summed E-state index contributed by atoms with van der Waals surface area (Å²) in [6, 6.07) is 8.73. The molecule has 2 rings (SSSR count). The highest BCUT2D eigenvalue weighted by atomic mass is 32.2. The van der Waals surface area contributed by atoms with E-state index >= 15 is 0 Å². The minimum absolute atomic E-state index is 0.112. The fourth-order valence-electron chi connectivity index (χ4n) is 3.26. The van der Waals surface area contributed by atoms with Crippen LogP contribution in [0.3, 0.4) is 0 Å². The molecule has 164 valence electrons. The van der Waals surface area contributed by atoms with Crippen LogP contribution < -0.4 is 15.4 Å². The molecule has 0 amide bonds. The number of hydrogen-bond donors (Lipinski definition) is 3. The van der Waals surface area contributed by atoms with Gasteiger partial charge in [-0.1, -0.05) is 30.7 Å². The van der Waals surface area contributed by atoms with Gasteiger partial charge >= 0.3 is 0 Å². The number of sulfonamides is 1. The molecule has 1 aliphatic heterocycles. The Labute approximate surface area is 176 Å². The standard InChI is InChI=1S/C21H37N5O2S/c1-3-22-21(23-13-8-14-25-29(27,28)4-2)24-17-19-9-11-20(12-10-19)18-26-15-6-5-7-16-26/h9-12,25H,3-8,13-18H2,1-2H3,(H2,22,23,24). The molecule has 7 nitrogen and oxygen atoms in total. The Morgan fingerprint density at radius 2 is 1.69 bits per heavy atom. The number of likely N-dealkylation sites (tertiary alicyclic amines) is 1. The Morgan fingerprint density at radius 3 is 2.34 bits per heavy atom. The summed E-state index contributed by atoms with van der Waals surface area (Å²) in [7, 11) is -3.12. The molecule has 0 atom stereocenters. The average molecular weight is 424 g/mol. The van der Waals surface area contributed by atoms with Crippen LogP contribution in [0.2, 0.25) is 0 Å². The zero-order chi connectivity index (χ0) is 21.0. The van der Waals surface area contributed by atoms with E-state index in [1.54, 1.807) is 6.92 Å². The fraction of sp³-hybridized carbons (Fsp3) is 0.667. The van der Waals surface area contributed by atoms with Crippen molar-refractivity contribution in [1.29, 1.82) is 0 Å². The van der Waals surface area contributed by atoms with Crippen molar-refractivity contribution in [2.45, 2.75) is 52.6 Å². The SMILES string of the molecule is CCNC(=NCc1ccc(CN2CCCCC2)cc1)NCCCNS(=O)(=O)CC. The third-order valence-electron chi connectivity index (χ3n) is 4.99. The first-order valence-corrected chi connectivity index (χ1v) is 12.5. The van der Waals surface area contributed by atoms with Crippen LogP contribution in [0.4, 0.5) is 0 Å². The molecule has 1 fully saturated rings. The van der Waals surface area contributed by atoms with Gasteiger partial charge in [-0.2, -0.15) is 0 Å². The molecule has 1 saturated heterocycles. The van der Waals surface area contributed by atoms with Crippen LogP contribution in [0.25, 0.3) is 0 Å². The molecule has 8 heteroatoms. The van der Waals surface area contributed by atoms with Crippen molar-refractivity contribution < 1.29 is 8.42 Å². The second-order valence-electron chi connectivity index (χ2n) is 7.43. The molecule has 1 aromatic rings. The highest BCUT2D eigenvalue weighted by Crippen LogP contribution is 2.14. The van der Waals surface area contributed by atoms with Gasteiger partial charge in [0.15, 0.2) is 5.96 Å². The van der Waals surface area contributed by atoms with Crippen LogP contribution in [0, 0.1) is 0 Å². The van der Waals surface area contributed by atoms with Crippen molar-refractivity contribution in [3.8, 4) is 0 Å². The van der Waals surface area contributed by atoms with Gasteiger partial charge in [0.25, 0.3) is 0 Å². The van der Waals surface area contributed by atoms with Crippen LogP contribution in [0.1, 0.15) is 50.7 Å². The number of nitrogens with zero attached hydrogens (tertiary/aromatic N) is 2. The monoisotopic (exact) mass is 423 g/mol. The largest absolute Gasteiger partial charge is 0.357 e. The Kier molecular flexibility index (Phi) is 10.5. The fourth-order valence-corrected chi connectivity index (χ4v) is 3.92. The Balaban J connectivity index is 1.76. The van der Waals surface area contributed by atoms with Gasteiger partial charge in [-0.15, -0.1) is 0 Å². The maximum atomic E-state index is 11.4. The zero-order valence-corrected chi connectivity index (χ0v) is 18.7. The molecule has 0 spiro atoms. The summed E-state index contributed by atoms with van der Waals surface area (Å²) in [6.45, 7) is 9.61. The van der Waals surface area contributed by atoms with Crippen LogP contribution in [-0.4, -0.2) is 57.8 Å². The van der Waals surface area contributed by atoms with E-state index in [0.29, 0.717) is 26.1 Å². The third-order valence-corrected chi connectivity index (χ3v) is 6.39. The Morgan fingerprint density at radius 1 is 1.00 bits per heavy atom. The summed E-state index contributed by atoms with van der Waals surface area (Å²) < 4.78 is 25.4. The lowest BCUT2D eigenvalue weighted by atomic mass is 10.1. The first-order valence-electron chi connectivity index (χ1n) is 10.8. The van der Waals surface area contributed by atoms with Gasteiger partial charge in [0, 0.05) is 26.2 Å². The maximum absolute atomic E-state index is 11.4. The first-order chi connectivity index (χ1) is 14.0. The second kappa shape index (κ2) is 12.8. The quantitative estimate of drug-likeness (QED) is 0.288. The summed E-state index contributed by atoms with van der Waals surface area (Å²) in [4.78, 5) is 7.17. The molecule has 0 saturated carbocycles. The molecule has 29 heavy (non-hydrogen) atoms. The summed E-state index contributed by atoms with van der Waals surface area (Å²) in [5, 5.41) is 6.49. The first kappa shape index (κ1) is 23.6. The lowest BCUT2D eigenvalue weighted by Crippen LogP contribution is -2.38. The second-order valence-corrected chi connectivity index (χ2v) is 9.52. The van der Waals surface area contributed by atoms with E-state index < -0.39 is 10.0 Å². The topological polar surface area (TPSA) is 85.8 Å². The van der Waals surface area contributed by atoms with Gasteiger partial charge in [0.05, 0.1) is 12.3 Å². The number of hydrogen-bond acceptors (Lipinski definition) is 4. The van der Waals surface area contributed by atoms with E-state index in [2.05, 4.69) is 49.5 Å². The number of rotatable bonds is 11. The minimum atomic E-state index is -3.12. The molecule has 0 bridgehead atoms. The van der Waals surface area contributed by atoms with Gasteiger partial charge < -0.3 is 10.6 Å². The van der Waals surface area contributed by atoms with E-state index in [1.165, 1.54) is 43.5 Å².